The number of amides is 1. The van der Waals surface area contributed by atoms with Crippen molar-refractivity contribution in [3.05, 3.63) is 46.0 Å². The van der Waals surface area contributed by atoms with Crippen molar-refractivity contribution in [2.24, 2.45) is 0 Å². The van der Waals surface area contributed by atoms with Gasteiger partial charge < -0.3 is 0 Å². The smallest absolute Gasteiger partial charge is 0.270 e. The lowest BCUT2D eigenvalue weighted by atomic mass is 10.2. The van der Waals surface area contributed by atoms with Crippen LogP contribution in [0.4, 0.5) is 5.69 Å². The Hall–Kier alpha value is -2.21. The standard InChI is InChI=1S/C12H12N2O4/c15-12(13-8-1-9-18-13)7-4-10-2-5-11(6-3-10)14(16)17/h2-7H,1,8-9H2/b7-4+. The third-order valence-electron chi connectivity index (χ3n) is 2.52. The number of hydrogen-bond donors (Lipinski definition) is 0. The lowest BCUT2D eigenvalue weighted by Crippen LogP contribution is -2.24. The molecule has 0 unspecified atom stereocenters. The maximum Gasteiger partial charge on any atom is 0.270 e. The van der Waals surface area contributed by atoms with Gasteiger partial charge in [0.1, 0.15) is 0 Å². The molecule has 1 saturated heterocycles. The predicted molar refractivity (Wildman–Crippen MR) is 64.4 cm³/mol. The van der Waals surface area contributed by atoms with E-state index in [9.17, 15) is 14.9 Å². The summed E-state index contributed by atoms with van der Waals surface area (Å²) >= 11 is 0. The molecule has 0 bridgehead atoms. The van der Waals surface area contributed by atoms with Crippen LogP contribution in [0.2, 0.25) is 0 Å². The van der Waals surface area contributed by atoms with E-state index in [-0.39, 0.29) is 11.6 Å². The summed E-state index contributed by atoms with van der Waals surface area (Å²) < 4.78 is 0. The van der Waals surface area contributed by atoms with Gasteiger partial charge in [-0.1, -0.05) is 0 Å². The molecule has 1 heterocycles. The first-order chi connectivity index (χ1) is 8.66. The average molecular weight is 248 g/mol. The quantitative estimate of drug-likeness (QED) is 0.464. The molecule has 0 saturated carbocycles. The van der Waals surface area contributed by atoms with E-state index in [0.29, 0.717) is 13.2 Å². The summed E-state index contributed by atoms with van der Waals surface area (Å²) in [5.41, 5.74) is 0.759. The highest BCUT2D eigenvalue weighted by atomic mass is 16.7. The van der Waals surface area contributed by atoms with E-state index in [1.54, 1.807) is 18.2 Å². The normalized spacial score (nSPS) is 15.2. The minimum absolute atomic E-state index is 0.0290. The van der Waals surface area contributed by atoms with E-state index in [0.717, 1.165) is 12.0 Å². The van der Waals surface area contributed by atoms with Gasteiger partial charge in [-0.2, -0.15) is 0 Å². The summed E-state index contributed by atoms with van der Waals surface area (Å²) in [5, 5.41) is 11.8. The summed E-state index contributed by atoms with van der Waals surface area (Å²) in [6.07, 6.45) is 3.84. The second-order valence-corrected chi connectivity index (χ2v) is 3.81. The second-order valence-electron chi connectivity index (χ2n) is 3.81. The molecule has 0 aliphatic carbocycles. The van der Waals surface area contributed by atoms with Gasteiger partial charge >= 0.3 is 0 Å². The number of nitro groups is 1. The zero-order chi connectivity index (χ0) is 13.0. The van der Waals surface area contributed by atoms with Gasteiger partial charge in [0.15, 0.2) is 0 Å². The Morgan fingerprint density at radius 3 is 2.67 bits per heavy atom. The topological polar surface area (TPSA) is 72.7 Å². The summed E-state index contributed by atoms with van der Waals surface area (Å²) in [5.74, 6) is -0.217. The fourth-order valence-corrected chi connectivity index (χ4v) is 1.58. The lowest BCUT2D eigenvalue weighted by Gasteiger charge is -2.10. The van der Waals surface area contributed by atoms with Gasteiger partial charge in [0.05, 0.1) is 18.1 Å². The highest BCUT2D eigenvalue weighted by Crippen LogP contribution is 2.13. The Balaban J connectivity index is 1.99. The maximum absolute atomic E-state index is 11.6. The fourth-order valence-electron chi connectivity index (χ4n) is 1.58. The van der Waals surface area contributed by atoms with Gasteiger partial charge in [0, 0.05) is 18.2 Å². The average Bonchev–Trinajstić information content (AvgIpc) is 2.90. The number of benzene rings is 1. The van der Waals surface area contributed by atoms with Crippen LogP contribution in [0.1, 0.15) is 12.0 Å². The number of nitrogens with zero attached hydrogens (tertiary/aromatic N) is 2. The van der Waals surface area contributed by atoms with Crippen LogP contribution in [0.3, 0.4) is 0 Å². The molecule has 1 amide bonds. The van der Waals surface area contributed by atoms with E-state index >= 15 is 0 Å². The Morgan fingerprint density at radius 1 is 1.39 bits per heavy atom. The van der Waals surface area contributed by atoms with Crippen molar-refractivity contribution < 1.29 is 14.6 Å². The van der Waals surface area contributed by atoms with E-state index in [2.05, 4.69) is 0 Å². The second kappa shape index (κ2) is 5.42. The molecular weight excluding hydrogens is 236 g/mol. The first-order valence-corrected chi connectivity index (χ1v) is 5.54. The van der Waals surface area contributed by atoms with Crippen LogP contribution < -0.4 is 0 Å². The summed E-state index contributed by atoms with van der Waals surface area (Å²) in [7, 11) is 0. The molecule has 2 rings (SSSR count). The van der Waals surface area contributed by atoms with Gasteiger partial charge in [-0.05, 0) is 30.2 Å². The first kappa shape index (κ1) is 12.3. The number of carbonyl (C=O) groups is 1. The van der Waals surface area contributed by atoms with Crippen molar-refractivity contribution in [1.29, 1.82) is 0 Å². The Bertz CT molecular complexity index is 475. The SMILES string of the molecule is O=C(/C=C/c1ccc([N+](=O)[O-])cc1)N1CCCO1. The molecule has 0 spiro atoms. The van der Waals surface area contributed by atoms with Crippen LogP contribution in [-0.4, -0.2) is 29.0 Å². The molecule has 0 aromatic heterocycles. The Kier molecular flexibility index (Phi) is 3.69. The zero-order valence-corrected chi connectivity index (χ0v) is 9.61. The van der Waals surface area contributed by atoms with E-state index < -0.39 is 4.92 Å². The molecule has 6 heteroatoms. The highest BCUT2D eigenvalue weighted by Gasteiger charge is 2.16. The summed E-state index contributed by atoms with van der Waals surface area (Å²) in [6.45, 7) is 1.17. The van der Waals surface area contributed by atoms with Crippen molar-refractivity contribution in [2.45, 2.75) is 6.42 Å². The van der Waals surface area contributed by atoms with Gasteiger partial charge in [-0.3, -0.25) is 19.7 Å². The van der Waals surface area contributed by atoms with Crippen LogP contribution in [0.25, 0.3) is 6.08 Å². The Labute approximate surface area is 104 Å². The molecule has 0 N–H and O–H groups in total. The number of rotatable bonds is 3. The van der Waals surface area contributed by atoms with Crippen LogP contribution in [-0.2, 0) is 9.63 Å². The van der Waals surface area contributed by atoms with Crippen LogP contribution in [0.5, 0.6) is 0 Å². The number of hydrogen-bond acceptors (Lipinski definition) is 4. The lowest BCUT2D eigenvalue weighted by molar-refractivity contribution is -0.384. The van der Waals surface area contributed by atoms with Crippen molar-refractivity contribution in [1.82, 2.24) is 5.06 Å². The van der Waals surface area contributed by atoms with Crippen molar-refractivity contribution in [3.63, 3.8) is 0 Å². The van der Waals surface area contributed by atoms with Crippen LogP contribution >= 0.6 is 0 Å². The molecule has 1 aliphatic heterocycles. The number of carbonyl (C=O) groups excluding carboxylic acids is 1. The molecule has 6 nitrogen and oxygen atoms in total. The third-order valence-corrected chi connectivity index (χ3v) is 2.52. The number of non-ortho nitro benzene ring substituents is 1. The predicted octanol–water partition coefficient (Wildman–Crippen LogP) is 1.77. The van der Waals surface area contributed by atoms with Gasteiger partial charge in [0.2, 0.25) is 0 Å². The molecule has 1 aromatic carbocycles. The fraction of sp³-hybridized carbons (Fsp3) is 0.250. The van der Waals surface area contributed by atoms with E-state index in [1.165, 1.54) is 23.3 Å². The molecule has 1 aromatic rings. The molecule has 1 fully saturated rings. The van der Waals surface area contributed by atoms with Gasteiger partial charge in [0.25, 0.3) is 11.6 Å². The zero-order valence-electron chi connectivity index (χ0n) is 9.61. The Morgan fingerprint density at radius 2 is 2.11 bits per heavy atom. The summed E-state index contributed by atoms with van der Waals surface area (Å²) in [4.78, 5) is 26.7. The molecule has 1 aliphatic rings. The summed E-state index contributed by atoms with van der Waals surface area (Å²) in [6, 6.07) is 5.98. The molecule has 94 valence electrons. The van der Waals surface area contributed by atoms with Crippen LogP contribution in [0.15, 0.2) is 30.3 Å². The largest absolute Gasteiger partial charge is 0.271 e. The maximum atomic E-state index is 11.6. The molecular formula is C12H12N2O4. The highest BCUT2D eigenvalue weighted by molar-refractivity contribution is 5.91. The van der Waals surface area contributed by atoms with Crippen LogP contribution in [0, 0.1) is 10.1 Å². The van der Waals surface area contributed by atoms with E-state index in [1.807, 2.05) is 0 Å². The van der Waals surface area contributed by atoms with Crippen molar-refractivity contribution in [2.75, 3.05) is 13.2 Å². The minimum atomic E-state index is -0.462. The van der Waals surface area contributed by atoms with Crippen molar-refractivity contribution in [3.8, 4) is 0 Å². The van der Waals surface area contributed by atoms with Gasteiger partial charge in [-0.25, -0.2) is 5.06 Å². The molecule has 0 atom stereocenters. The molecule has 0 radical (unpaired) electrons. The molecule has 18 heavy (non-hydrogen) atoms. The number of nitro benzene ring substituents is 1. The van der Waals surface area contributed by atoms with E-state index in [4.69, 9.17) is 4.84 Å². The number of hydroxylamine groups is 2. The van der Waals surface area contributed by atoms with Gasteiger partial charge in [-0.15, -0.1) is 0 Å². The first-order valence-electron chi connectivity index (χ1n) is 5.54. The van der Waals surface area contributed by atoms with Crippen molar-refractivity contribution >= 4 is 17.7 Å². The monoisotopic (exact) mass is 248 g/mol. The third kappa shape index (κ3) is 2.92. The minimum Gasteiger partial charge on any atom is -0.271 e.